The van der Waals surface area contributed by atoms with Crippen molar-refractivity contribution in [2.75, 3.05) is 25.6 Å². The second kappa shape index (κ2) is 23.8. The Kier molecular flexibility index (Phi) is 16.9. The summed E-state index contributed by atoms with van der Waals surface area (Å²) in [5.74, 6) is 7.48. The smallest absolute Gasteiger partial charge is 0.165 e. The number of aliphatic hydroxyl groups excluding tert-OH is 4. The number of benzene rings is 4. The van der Waals surface area contributed by atoms with Crippen molar-refractivity contribution in [3.8, 4) is 29.1 Å². The first-order chi connectivity index (χ1) is 37.2. The molecule has 14 heteroatoms. The van der Waals surface area contributed by atoms with Crippen LogP contribution in [0, 0.1) is 40.4 Å². The first-order valence-electron chi connectivity index (χ1n) is 27.2. The van der Waals surface area contributed by atoms with Crippen molar-refractivity contribution in [1.82, 2.24) is 4.98 Å². The van der Waals surface area contributed by atoms with Crippen molar-refractivity contribution >= 4 is 33.2 Å². The van der Waals surface area contributed by atoms with Gasteiger partial charge in [-0.25, -0.2) is 0 Å². The zero-order chi connectivity index (χ0) is 53.8. The summed E-state index contributed by atoms with van der Waals surface area (Å²) in [5.41, 5.74) is 20.9. The van der Waals surface area contributed by atoms with Crippen molar-refractivity contribution in [2.45, 2.75) is 113 Å². The minimum atomic E-state index is -0.938. The number of allylic oxidation sites excluding steroid dienone is 4. The van der Waals surface area contributed by atoms with Crippen molar-refractivity contribution in [2.24, 2.45) is 40.1 Å². The maximum absolute atomic E-state index is 14.3. The van der Waals surface area contributed by atoms with E-state index in [-0.39, 0.29) is 85.1 Å². The lowest BCUT2D eigenvalue weighted by Gasteiger charge is -2.41. The molecule has 2 heterocycles. The molecule has 1 fully saturated rings. The van der Waals surface area contributed by atoms with E-state index in [4.69, 9.17) is 16.2 Å². The molecule has 0 spiro atoms. The number of nitrogens with one attached hydrogen (secondary N) is 1. The summed E-state index contributed by atoms with van der Waals surface area (Å²) in [5, 5.41) is 66.8. The summed E-state index contributed by atoms with van der Waals surface area (Å²) in [6.07, 6.45) is 13.3. The van der Waals surface area contributed by atoms with Gasteiger partial charge in [0.2, 0.25) is 0 Å². The predicted octanol–water partition coefficient (Wildman–Crippen LogP) is 9.02. The molecule has 9 atom stereocenters. The third-order valence-corrected chi connectivity index (χ3v) is 19.9. The molecule has 1 aromatic heterocycles. The third-order valence-electron chi connectivity index (χ3n) is 17.4. The van der Waals surface area contributed by atoms with Gasteiger partial charge in [-0.3, -0.25) is 9.59 Å². The number of phenolic OH excluding ortho intramolecular Hbond substituents is 2. The Labute approximate surface area is 459 Å². The standard InChI is InChI=1S/C63H71N3O9S2/c64-61(65)51-27-40-5-3-7-55-49(16-22-66-55)58(73)30-52-50(40)28-44(51)36-76-77-37-45-31-62(33-59(45)74,18-15-46(69)11-8-38-10-13-57(72)60(25-38)75-23-17-39-9-12-56(71)53(52)24-39)20-21-63(32-47(70)35-68)19-14-42-26-43(34-67)48-6-2-1-4-41(48)29-54(42)63/h1-2,4,6,9-10,12-16,18-19,22,24-25,27-28,42-43,45,47,52,54,59,61,66-68,70-72,74H,7-8,11,17,20-21,23,26,29-37,64-65H2. The molecular weight excluding hydrogens is 1010 g/mol. The van der Waals surface area contributed by atoms with Crippen molar-refractivity contribution in [3.05, 3.63) is 171 Å². The SMILES string of the molecule is NC(N)c1cc2c3cc1CSSCC1CC(CCC4(CC(O)CO)C=CC5CC(CO)c6ccccc6CC54)(C=CC(=O)CCc4ccc(O)c(c4)OCCc4ccc(O)c(c4)C3CC(=O)c3cc[nH]c3CC#C2)CC1O. The van der Waals surface area contributed by atoms with Gasteiger partial charge in [0.1, 0.15) is 5.75 Å². The molecule has 5 aliphatic rings. The highest BCUT2D eigenvalue weighted by Crippen LogP contribution is 2.58. The van der Waals surface area contributed by atoms with Crippen LogP contribution in [-0.2, 0) is 36.2 Å². The first-order valence-corrected chi connectivity index (χ1v) is 29.7. The van der Waals surface area contributed by atoms with E-state index in [2.05, 4.69) is 41.1 Å². The molecule has 8 bridgehead atoms. The molecule has 10 rings (SSSR count). The highest BCUT2D eigenvalue weighted by atomic mass is 33.1. The Morgan fingerprint density at radius 2 is 1.66 bits per heavy atom. The molecular formula is C63H71N3O9S2. The summed E-state index contributed by atoms with van der Waals surface area (Å²) in [7, 11) is 3.30. The lowest BCUT2D eigenvalue weighted by atomic mass is 9.64. The molecule has 4 aliphatic carbocycles. The number of hydrogen-bond acceptors (Lipinski definition) is 13. The second-order valence-electron chi connectivity index (χ2n) is 22.4. The van der Waals surface area contributed by atoms with Gasteiger partial charge in [-0.05, 0) is 155 Å². The number of rotatable bonds is 8. The number of aromatic amines is 1. The lowest BCUT2D eigenvalue weighted by Crippen LogP contribution is -2.36. The fourth-order valence-electron chi connectivity index (χ4n) is 13.3. The van der Waals surface area contributed by atoms with Gasteiger partial charge >= 0.3 is 0 Å². The van der Waals surface area contributed by atoms with E-state index in [0.29, 0.717) is 79.6 Å². The first kappa shape index (κ1) is 54.7. The van der Waals surface area contributed by atoms with Crippen LogP contribution in [-0.4, -0.2) is 85.0 Å². The average molecular weight is 1080 g/mol. The summed E-state index contributed by atoms with van der Waals surface area (Å²) >= 11 is 0. The van der Waals surface area contributed by atoms with Crippen LogP contribution in [0.25, 0.3) is 0 Å². The van der Waals surface area contributed by atoms with Gasteiger partial charge in [0.15, 0.2) is 23.1 Å². The number of carbonyl (C=O) groups is 2. The van der Waals surface area contributed by atoms with E-state index in [1.54, 1.807) is 64.2 Å². The normalized spacial score (nSPS) is 26.9. The third kappa shape index (κ3) is 12.0. The number of nitrogens with two attached hydrogens (primary N) is 2. The van der Waals surface area contributed by atoms with Gasteiger partial charge in [0, 0.05) is 77.8 Å². The maximum Gasteiger partial charge on any atom is 0.165 e. The predicted molar refractivity (Wildman–Crippen MR) is 303 cm³/mol. The van der Waals surface area contributed by atoms with Crippen LogP contribution in [0.3, 0.4) is 0 Å². The molecule has 77 heavy (non-hydrogen) atoms. The minimum absolute atomic E-state index is 0.0101. The molecule has 12 nitrogen and oxygen atoms in total. The lowest BCUT2D eigenvalue weighted by molar-refractivity contribution is -0.114. The maximum atomic E-state index is 14.3. The number of phenols is 2. The van der Waals surface area contributed by atoms with Crippen LogP contribution in [0.1, 0.15) is 135 Å². The molecule has 0 amide bonds. The van der Waals surface area contributed by atoms with E-state index < -0.39 is 35.1 Å². The number of ether oxygens (including phenoxy) is 1. The topological polar surface area (TPSA) is 233 Å². The van der Waals surface area contributed by atoms with E-state index in [1.807, 2.05) is 42.5 Å². The van der Waals surface area contributed by atoms with Crippen molar-refractivity contribution in [1.29, 1.82) is 0 Å². The number of H-pyrrole nitrogens is 1. The van der Waals surface area contributed by atoms with Gasteiger partial charge in [0.05, 0.1) is 38.0 Å². The van der Waals surface area contributed by atoms with Gasteiger partial charge in [0.25, 0.3) is 0 Å². The molecule has 0 radical (unpaired) electrons. The van der Waals surface area contributed by atoms with E-state index in [9.17, 15) is 40.2 Å². The number of aromatic nitrogens is 1. The Bertz CT molecular complexity index is 3100. The zero-order valence-electron chi connectivity index (χ0n) is 43.4. The van der Waals surface area contributed by atoms with Crippen LogP contribution >= 0.6 is 21.6 Å². The second-order valence-corrected chi connectivity index (χ2v) is 24.9. The summed E-state index contributed by atoms with van der Waals surface area (Å²) in [4.78, 5) is 31.5. The van der Waals surface area contributed by atoms with Crippen LogP contribution in [0.5, 0.6) is 17.2 Å². The van der Waals surface area contributed by atoms with Crippen LogP contribution in [0.15, 0.2) is 109 Å². The zero-order valence-corrected chi connectivity index (χ0v) is 45.0. The highest BCUT2D eigenvalue weighted by molar-refractivity contribution is 8.76. The van der Waals surface area contributed by atoms with E-state index in [1.165, 1.54) is 5.56 Å². The Balaban J connectivity index is 0.984. The molecule has 9 unspecified atom stereocenters. The van der Waals surface area contributed by atoms with Crippen LogP contribution < -0.4 is 16.2 Å². The Morgan fingerprint density at radius 3 is 2.48 bits per heavy atom. The number of Topliss-reactive ketones (excluding diaryl/α,β-unsaturated/α-hetero) is 1. The molecule has 1 saturated carbocycles. The van der Waals surface area contributed by atoms with Gasteiger partial charge in [-0.15, -0.1) is 0 Å². The number of fused-ring (bicyclic) bond motifs is 11. The number of aromatic hydroxyl groups is 2. The minimum Gasteiger partial charge on any atom is -0.508 e. The van der Waals surface area contributed by atoms with Crippen molar-refractivity contribution < 1.29 is 45.0 Å². The summed E-state index contributed by atoms with van der Waals surface area (Å²) in [6.45, 7) is -0.124. The summed E-state index contributed by atoms with van der Waals surface area (Å²) < 4.78 is 6.20. The summed E-state index contributed by atoms with van der Waals surface area (Å²) in [6, 6.07) is 24.6. The van der Waals surface area contributed by atoms with Gasteiger partial charge in [-0.2, -0.15) is 0 Å². The number of hydrogen-bond donors (Lipinski definition) is 9. The molecule has 404 valence electrons. The fraction of sp³-hybridized carbons (Fsp3) is 0.429. The molecule has 0 saturated heterocycles. The molecule has 5 aromatic rings. The molecule has 11 N–H and O–H groups in total. The Hall–Kier alpha value is -5.60. The molecule has 4 aromatic carbocycles. The quantitative estimate of drug-likeness (QED) is 0.0306. The van der Waals surface area contributed by atoms with Crippen molar-refractivity contribution in [3.63, 3.8) is 0 Å². The van der Waals surface area contributed by atoms with E-state index in [0.717, 1.165) is 51.9 Å². The van der Waals surface area contributed by atoms with Crippen LogP contribution in [0.4, 0.5) is 0 Å². The Morgan fingerprint density at radius 1 is 0.844 bits per heavy atom. The molecule has 1 aliphatic heterocycles. The number of carbonyl (C=O) groups excluding carboxylic acids is 2. The largest absolute Gasteiger partial charge is 0.508 e. The van der Waals surface area contributed by atoms with Gasteiger partial charge < -0.3 is 51.8 Å². The number of ketones is 2. The number of aryl methyl sites for hydroxylation is 1. The average Bonchev–Trinajstić information content (AvgIpc) is 4.10. The van der Waals surface area contributed by atoms with Crippen LogP contribution in [0.2, 0.25) is 0 Å². The number of aliphatic hydroxyl groups is 4. The fourth-order valence-corrected chi connectivity index (χ4v) is 15.8. The highest BCUT2D eigenvalue weighted by Gasteiger charge is 2.50. The monoisotopic (exact) mass is 1080 g/mol. The van der Waals surface area contributed by atoms with Gasteiger partial charge in [-0.1, -0.05) is 100 Å². The van der Waals surface area contributed by atoms with E-state index >= 15 is 0 Å².